The second-order valence-electron chi connectivity index (χ2n) is 4.29. The van der Waals surface area contributed by atoms with Gasteiger partial charge in [-0.15, -0.1) is 0 Å². The number of alkyl halides is 3. The third-order valence-corrected chi connectivity index (χ3v) is 3.42. The SMILES string of the molecule is FC(F)(F)c1cc(-c2[nH]nc3c2CCN3)ccc1Cl. The van der Waals surface area contributed by atoms with Gasteiger partial charge in [0, 0.05) is 17.7 Å². The second kappa shape index (κ2) is 4.16. The molecule has 2 N–H and O–H groups in total. The minimum absolute atomic E-state index is 0.300. The minimum Gasteiger partial charge on any atom is -0.368 e. The van der Waals surface area contributed by atoms with Crippen LogP contribution in [-0.4, -0.2) is 16.7 Å². The predicted molar refractivity (Wildman–Crippen MR) is 66.2 cm³/mol. The van der Waals surface area contributed by atoms with Gasteiger partial charge in [0.25, 0.3) is 0 Å². The zero-order valence-corrected chi connectivity index (χ0v) is 10.4. The van der Waals surface area contributed by atoms with E-state index in [-0.39, 0.29) is 5.02 Å². The Kier molecular flexibility index (Phi) is 2.70. The van der Waals surface area contributed by atoms with Crippen LogP contribution in [0.2, 0.25) is 5.02 Å². The molecule has 1 aliphatic rings. The number of aromatic nitrogens is 2. The molecule has 3 nitrogen and oxygen atoms in total. The van der Waals surface area contributed by atoms with Crippen molar-refractivity contribution in [2.24, 2.45) is 0 Å². The van der Waals surface area contributed by atoms with E-state index in [0.717, 1.165) is 24.6 Å². The van der Waals surface area contributed by atoms with E-state index in [2.05, 4.69) is 15.5 Å². The largest absolute Gasteiger partial charge is 0.417 e. The lowest BCUT2D eigenvalue weighted by atomic mass is 10.0. The smallest absolute Gasteiger partial charge is 0.368 e. The summed E-state index contributed by atoms with van der Waals surface area (Å²) in [6.07, 6.45) is -3.72. The lowest BCUT2D eigenvalue weighted by Gasteiger charge is -2.10. The third-order valence-electron chi connectivity index (χ3n) is 3.10. The average molecular weight is 288 g/mol. The quantitative estimate of drug-likeness (QED) is 0.839. The van der Waals surface area contributed by atoms with Crippen LogP contribution in [0.1, 0.15) is 11.1 Å². The first-order valence-corrected chi connectivity index (χ1v) is 6.03. The van der Waals surface area contributed by atoms with E-state index in [4.69, 9.17) is 11.6 Å². The topological polar surface area (TPSA) is 40.7 Å². The van der Waals surface area contributed by atoms with Gasteiger partial charge in [0.15, 0.2) is 5.82 Å². The second-order valence-corrected chi connectivity index (χ2v) is 4.70. The van der Waals surface area contributed by atoms with Gasteiger partial charge in [0.05, 0.1) is 16.3 Å². The van der Waals surface area contributed by atoms with Crippen molar-refractivity contribution in [1.82, 2.24) is 10.2 Å². The molecule has 0 unspecified atom stereocenters. The molecular formula is C12H9ClF3N3. The van der Waals surface area contributed by atoms with Crippen LogP contribution in [0.15, 0.2) is 18.2 Å². The molecule has 100 valence electrons. The zero-order chi connectivity index (χ0) is 13.6. The van der Waals surface area contributed by atoms with Crippen LogP contribution < -0.4 is 5.32 Å². The first-order valence-electron chi connectivity index (χ1n) is 5.65. The molecule has 19 heavy (non-hydrogen) atoms. The van der Waals surface area contributed by atoms with Gasteiger partial charge in [0.1, 0.15) is 0 Å². The molecule has 2 heterocycles. The molecule has 0 atom stereocenters. The van der Waals surface area contributed by atoms with Gasteiger partial charge in [-0.3, -0.25) is 5.10 Å². The number of halogens is 4. The maximum absolute atomic E-state index is 12.8. The predicted octanol–water partition coefficient (Wildman–Crippen LogP) is 3.72. The normalized spacial score (nSPS) is 14.3. The highest BCUT2D eigenvalue weighted by Gasteiger charge is 2.33. The summed E-state index contributed by atoms with van der Waals surface area (Å²) >= 11 is 5.60. The van der Waals surface area contributed by atoms with E-state index in [9.17, 15) is 13.2 Å². The number of rotatable bonds is 1. The summed E-state index contributed by atoms with van der Waals surface area (Å²) in [6, 6.07) is 3.87. The van der Waals surface area contributed by atoms with Gasteiger partial charge >= 0.3 is 6.18 Å². The maximum Gasteiger partial charge on any atom is 0.417 e. The van der Waals surface area contributed by atoms with Crippen LogP contribution in [-0.2, 0) is 12.6 Å². The Labute approximate surface area is 111 Å². The molecule has 0 saturated heterocycles. The van der Waals surface area contributed by atoms with Crippen molar-refractivity contribution in [3.05, 3.63) is 34.3 Å². The molecule has 0 bridgehead atoms. The number of anilines is 1. The number of aromatic amines is 1. The molecule has 0 radical (unpaired) electrons. The monoisotopic (exact) mass is 287 g/mol. The highest BCUT2D eigenvalue weighted by molar-refractivity contribution is 6.31. The lowest BCUT2D eigenvalue weighted by Crippen LogP contribution is -2.06. The van der Waals surface area contributed by atoms with Gasteiger partial charge in [-0.05, 0) is 18.6 Å². The summed E-state index contributed by atoms with van der Waals surface area (Å²) in [4.78, 5) is 0. The van der Waals surface area contributed by atoms with Crippen molar-refractivity contribution in [2.45, 2.75) is 12.6 Å². The first-order chi connectivity index (χ1) is 8.97. The highest BCUT2D eigenvalue weighted by atomic mass is 35.5. The van der Waals surface area contributed by atoms with E-state index in [1.807, 2.05) is 0 Å². The molecule has 1 aromatic carbocycles. The lowest BCUT2D eigenvalue weighted by molar-refractivity contribution is -0.137. The summed E-state index contributed by atoms with van der Waals surface area (Å²) < 4.78 is 38.5. The van der Waals surface area contributed by atoms with Gasteiger partial charge in [-0.1, -0.05) is 17.7 Å². The van der Waals surface area contributed by atoms with E-state index in [1.54, 1.807) is 6.07 Å². The van der Waals surface area contributed by atoms with Gasteiger partial charge in [-0.2, -0.15) is 18.3 Å². The Morgan fingerprint density at radius 1 is 1.26 bits per heavy atom. The molecule has 1 aromatic heterocycles. The molecule has 0 spiro atoms. The summed E-state index contributed by atoms with van der Waals surface area (Å²) in [5.74, 6) is 0.707. The molecule has 7 heteroatoms. The van der Waals surface area contributed by atoms with Crippen molar-refractivity contribution in [3.63, 3.8) is 0 Å². The summed E-state index contributed by atoms with van der Waals surface area (Å²) in [5.41, 5.74) is 1.13. The number of H-pyrrole nitrogens is 1. The van der Waals surface area contributed by atoms with Crippen LogP contribution in [0.3, 0.4) is 0 Å². The van der Waals surface area contributed by atoms with Crippen molar-refractivity contribution in [1.29, 1.82) is 0 Å². The van der Waals surface area contributed by atoms with E-state index in [0.29, 0.717) is 17.1 Å². The van der Waals surface area contributed by atoms with E-state index in [1.165, 1.54) is 6.07 Å². The van der Waals surface area contributed by atoms with Crippen molar-refractivity contribution >= 4 is 17.4 Å². The van der Waals surface area contributed by atoms with Crippen LogP contribution in [0.4, 0.5) is 19.0 Å². The maximum atomic E-state index is 12.8. The van der Waals surface area contributed by atoms with Crippen LogP contribution in [0.5, 0.6) is 0 Å². The molecule has 0 saturated carbocycles. The average Bonchev–Trinajstić information content (AvgIpc) is 2.90. The Bertz CT molecular complexity index is 634. The molecule has 0 amide bonds. The fraction of sp³-hybridized carbons (Fsp3) is 0.250. The van der Waals surface area contributed by atoms with Crippen LogP contribution in [0, 0.1) is 0 Å². The number of fused-ring (bicyclic) bond motifs is 1. The standard InChI is InChI=1S/C12H9ClF3N3/c13-9-2-1-6(5-8(9)12(14,15)16)10-7-3-4-17-11(7)19-18-10/h1-2,5H,3-4H2,(H2,17,18,19). The summed E-state index contributed by atoms with van der Waals surface area (Å²) in [5, 5.41) is 9.56. The number of nitrogens with zero attached hydrogens (tertiary/aromatic N) is 1. The van der Waals surface area contributed by atoms with Crippen molar-refractivity contribution < 1.29 is 13.2 Å². The zero-order valence-electron chi connectivity index (χ0n) is 9.61. The Morgan fingerprint density at radius 2 is 2.05 bits per heavy atom. The van der Waals surface area contributed by atoms with Gasteiger partial charge in [-0.25, -0.2) is 0 Å². The Balaban J connectivity index is 2.11. The fourth-order valence-electron chi connectivity index (χ4n) is 2.20. The third kappa shape index (κ3) is 2.06. The number of hydrogen-bond acceptors (Lipinski definition) is 2. The van der Waals surface area contributed by atoms with Crippen molar-refractivity contribution in [2.75, 3.05) is 11.9 Å². The van der Waals surface area contributed by atoms with Crippen LogP contribution >= 0.6 is 11.6 Å². The summed E-state index contributed by atoms with van der Waals surface area (Å²) in [7, 11) is 0. The Morgan fingerprint density at radius 3 is 2.79 bits per heavy atom. The number of hydrogen-bond donors (Lipinski definition) is 2. The van der Waals surface area contributed by atoms with Crippen LogP contribution in [0.25, 0.3) is 11.3 Å². The van der Waals surface area contributed by atoms with E-state index >= 15 is 0 Å². The highest BCUT2D eigenvalue weighted by Crippen LogP contribution is 2.38. The summed E-state index contributed by atoms with van der Waals surface area (Å²) in [6.45, 7) is 0.749. The first kappa shape index (κ1) is 12.3. The van der Waals surface area contributed by atoms with Crippen molar-refractivity contribution in [3.8, 4) is 11.3 Å². The molecule has 0 fully saturated rings. The molecule has 2 aromatic rings. The molecule has 3 rings (SSSR count). The van der Waals surface area contributed by atoms with Gasteiger partial charge < -0.3 is 5.32 Å². The molecule has 1 aliphatic heterocycles. The van der Waals surface area contributed by atoms with Gasteiger partial charge in [0.2, 0.25) is 0 Å². The number of benzene rings is 1. The fourth-order valence-corrected chi connectivity index (χ4v) is 2.42. The minimum atomic E-state index is -4.46. The molecule has 0 aliphatic carbocycles. The number of nitrogens with one attached hydrogen (secondary N) is 2. The Hall–Kier alpha value is -1.69. The van der Waals surface area contributed by atoms with E-state index < -0.39 is 11.7 Å². The molecular weight excluding hydrogens is 279 g/mol.